The molecule has 2 N–H and O–H groups in total. The van der Waals surface area contributed by atoms with Crippen molar-refractivity contribution in [3.05, 3.63) is 39.3 Å². The molecule has 2 rings (SSSR count). The van der Waals surface area contributed by atoms with Gasteiger partial charge in [0.25, 0.3) is 5.91 Å². The lowest BCUT2D eigenvalue weighted by Crippen LogP contribution is -2.26. The van der Waals surface area contributed by atoms with E-state index < -0.39 is 0 Å². The van der Waals surface area contributed by atoms with Crippen LogP contribution in [0.3, 0.4) is 0 Å². The minimum absolute atomic E-state index is 0.144. The van der Waals surface area contributed by atoms with E-state index in [4.69, 9.17) is 17.3 Å². The van der Waals surface area contributed by atoms with Gasteiger partial charge in [0.15, 0.2) is 0 Å². The molecule has 0 atom stereocenters. The highest BCUT2D eigenvalue weighted by Gasteiger charge is 2.17. The van der Waals surface area contributed by atoms with Crippen LogP contribution in [0.1, 0.15) is 14.7 Å². The van der Waals surface area contributed by atoms with Crippen LogP contribution in [0.25, 0.3) is 0 Å². The van der Waals surface area contributed by atoms with Gasteiger partial charge in [0.05, 0.1) is 22.6 Å². The van der Waals surface area contributed by atoms with E-state index in [2.05, 4.69) is 4.98 Å². The molecule has 0 bridgehead atoms. The molecule has 6 heteroatoms. The lowest BCUT2D eigenvalue weighted by Gasteiger charge is -2.18. The number of nitrogens with two attached hydrogens (primary N) is 1. The summed E-state index contributed by atoms with van der Waals surface area (Å²) >= 11 is 7.27. The number of anilines is 2. The van der Waals surface area contributed by atoms with Crippen LogP contribution < -0.4 is 10.6 Å². The molecule has 0 saturated carbocycles. The summed E-state index contributed by atoms with van der Waals surface area (Å²) in [4.78, 5) is 18.3. The summed E-state index contributed by atoms with van der Waals surface area (Å²) in [6, 6.07) is 5.04. The Bertz CT molecular complexity index is 597. The lowest BCUT2D eigenvalue weighted by molar-refractivity contribution is 0.0997. The molecule has 0 aliphatic heterocycles. The van der Waals surface area contributed by atoms with Gasteiger partial charge in [0.2, 0.25) is 0 Å². The van der Waals surface area contributed by atoms with E-state index in [0.29, 0.717) is 21.3 Å². The first-order valence-electron chi connectivity index (χ1n) is 5.24. The summed E-state index contributed by atoms with van der Waals surface area (Å²) in [6.45, 7) is 1.86. The molecule has 1 amide bonds. The number of aromatic nitrogens is 1. The van der Waals surface area contributed by atoms with Crippen LogP contribution in [0.5, 0.6) is 0 Å². The smallest absolute Gasteiger partial charge is 0.269 e. The Balaban J connectivity index is 2.33. The van der Waals surface area contributed by atoms with Gasteiger partial charge in [-0.15, -0.1) is 11.3 Å². The van der Waals surface area contributed by atoms with Gasteiger partial charge in [0, 0.05) is 12.1 Å². The van der Waals surface area contributed by atoms with Gasteiger partial charge < -0.3 is 10.6 Å². The second-order valence-corrected chi connectivity index (χ2v) is 5.48. The van der Waals surface area contributed by atoms with E-state index in [9.17, 15) is 4.79 Å². The van der Waals surface area contributed by atoms with Crippen LogP contribution in [0, 0.1) is 6.92 Å². The maximum atomic E-state index is 12.2. The topological polar surface area (TPSA) is 59.2 Å². The predicted octanol–water partition coefficient (Wildman–Crippen LogP) is 2.96. The number of thiazole rings is 1. The number of nitrogens with zero attached hydrogens (tertiary/aromatic N) is 2. The fraction of sp³-hybridized carbons (Fsp3) is 0.167. The van der Waals surface area contributed by atoms with E-state index in [-0.39, 0.29) is 5.91 Å². The van der Waals surface area contributed by atoms with Gasteiger partial charge in [-0.2, -0.15) is 0 Å². The zero-order chi connectivity index (χ0) is 13.3. The van der Waals surface area contributed by atoms with Crippen molar-refractivity contribution in [1.29, 1.82) is 0 Å². The average Bonchev–Trinajstić information content (AvgIpc) is 2.77. The number of rotatable bonds is 2. The maximum Gasteiger partial charge on any atom is 0.269 e. The van der Waals surface area contributed by atoms with Crippen LogP contribution in [0.15, 0.2) is 24.4 Å². The molecule has 0 saturated heterocycles. The number of aryl methyl sites for hydroxylation is 1. The van der Waals surface area contributed by atoms with Crippen molar-refractivity contribution in [2.24, 2.45) is 0 Å². The number of hydrogen-bond acceptors (Lipinski definition) is 4. The first-order chi connectivity index (χ1) is 8.49. The second-order valence-electron chi connectivity index (χ2n) is 3.81. The highest BCUT2D eigenvalue weighted by atomic mass is 35.5. The third-order valence-corrected chi connectivity index (χ3v) is 3.63. The van der Waals surface area contributed by atoms with Gasteiger partial charge in [-0.3, -0.25) is 4.79 Å². The summed E-state index contributed by atoms with van der Waals surface area (Å²) < 4.78 is 0. The molecule has 2 aromatic rings. The first kappa shape index (κ1) is 12.9. The third-order valence-electron chi connectivity index (χ3n) is 2.49. The Morgan fingerprint density at radius 3 is 2.83 bits per heavy atom. The van der Waals surface area contributed by atoms with Crippen molar-refractivity contribution in [3.8, 4) is 0 Å². The third kappa shape index (κ3) is 2.47. The van der Waals surface area contributed by atoms with Crippen molar-refractivity contribution in [2.45, 2.75) is 6.92 Å². The molecule has 18 heavy (non-hydrogen) atoms. The molecule has 0 spiro atoms. The molecule has 0 radical (unpaired) electrons. The number of nitrogen functional groups attached to an aromatic ring is 1. The summed E-state index contributed by atoms with van der Waals surface area (Å²) in [7, 11) is 1.67. The molecule has 0 fully saturated rings. The number of hydrogen-bond donors (Lipinski definition) is 1. The minimum Gasteiger partial charge on any atom is -0.397 e. The van der Waals surface area contributed by atoms with Crippen molar-refractivity contribution in [1.82, 2.24) is 4.98 Å². The fourth-order valence-electron chi connectivity index (χ4n) is 1.54. The molecular formula is C12H12ClN3OS. The van der Waals surface area contributed by atoms with Gasteiger partial charge in [-0.1, -0.05) is 11.6 Å². The SMILES string of the molecule is Cc1ncc(C(=O)N(C)c2cc(Cl)ccc2N)s1. The number of carbonyl (C=O) groups is 1. The summed E-state index contributed by atoms with van der Waals surface area (Å²) in [5.74, 6) is -0.144. The molecule has 0 unspecified atom stereocenters. The Hall–Kier alpha value is -1.59. The van der Waals surface area contributed by atoms with Crippen LogP contribution >= 0.6 is 22.9 Å². The van der Waals surface area contributed by atoms with E-state index >= 15 is 0 Å². The Labute approximate surface area is 114 Å². The zero-order valence-corrected chi connectivity index (χ0v) is 11.5. The van der Waals surface area contributed by atoms with E-state index in [1.165, 1.54) is 16.2 Å². The Kier molecular flexibility index (Phi) is 3.54. The van der Waals surface area contributed by atoms with E-state index in [1.54, 1.807) is 31.4 Å². The molecule has 1 aromatic heterocycles. The summed E-state index contributed by atoms with van der Waals surface area (Å²) in [5.41, 5.74) is 6.95. The molecule has 4 nitrogen and oxygen atoms in total. The van der Waals surface area contributed by atoms with Crippen LogP contribution in [0.2, 0.25) is 5.02 Å². The van der Waals surface area contributed by atoms with Crippen molar-refractivity contribution < 1.29 is 4.79 Å². The number of halogens is 1. The molecule has 0 aliphatic carbocycles. The monoisotopic (exact) mass is 281 g/mol. The number of amides is 1. The predicted molar refractivity (Wildman–Crippen MR) is 75.4 cm³/mol. The van der Waals surface area contributed by atoms with Crippen molar-refractivity contribution >= 4 is 40.2 Å². The number of benzene rings is 1. The standard InChI is InChI=1S/C12H12ClN3OS/c1-7-15-6-11(18-7)12(17)16(2)10-5-8(13)3-4-9(10)14/h3-6H,14H2,1-2H3. The van der Waals surface area contributed by atoms with Crippen molar-refractivity contribution in [2.75, 3.05) is 17.7 Å². The molecule has 0 aliphatic rings. The quantitative estimate of drug-likeness (QED) is 0.861. The van der Waals surface area contributed by atoms with Crippen LogP contribution in [-0.2, 0) is 0 Å². The Morgan fingerprint density at radius 1 is 1.50 bits per heavy atom. The average molecular weight is 282 g/mol. The molecular weight excluding hydrogens is 270 g/mol. The molecule has 1 aromatic carbocycles. The van der Waals surface area contributed by atoms with Gasteiger partial charge in [0.1, 0.15) is 4.88 Å². The second kappa shape index (κ2) is 4.96. The van der Waals surface area contributed by atoms with Gasteiger partial charge >= 0.3 is 0 Å². The highest BCUT2D eigenvalue weighted by Crippen LogP contribution is 2.27. The van der Waals surface area contributed by atoms with Crippen molar-refractivity contribution in [3.63, 3.8) is 0 Å². The maximum absolute atomic E-state index is 12.2. The van der Waals surface area contributed by atoms with E-state index in [1.807, 2.05) is 6.92 Å². The molecule has 94 valence electrons. The normalized spacial score (nSPS) is 10.4. The van der Waals surface area contributed by atoms with Gasteiger partial charge in [-0.05, 0) is 25.1 Å². The Morgan fingerprint density at radius 2 is 2.22 bits per heavy atom. The fourth-order valence-corrected chi connectivity index (χ4v) is 2.46. The highest BCUT2D eigenvalue weighted by molar-refractivity contribution is 7.13. The summed E-state index contributed by atoms with van der Waals surface area (Å²) in [5, 5.41) is 1.39. The van der Waals surface area contributed by atoms with Gasteiger partial charge in [-0.25, -0.2) is 4.98 Å². The first-order valence-corrected chi connectivity index (χ1v) is 6.44. The number of carbonyl (C=O) groups excluding carboxylic acids is 1. The molecule has 1 heterocycles. The minimum atomic E-state index is -0.144. The zero-order valence-electron chi connectivity index (χ0n) is 9.98. The summed E-state index contributed by atoms with van der Waals surface area (Å²) in [6.07, 6.45) is 1.57. The van der Waals surface area contributed by atoms with Crippen LogP contribution in [0.4, 0.5) is 11.4 Å². The van der Waals surface area contributed by atoms with E-state index in [0.717, 1.165) is 5.01 Å². The lowest BCUT2D eigenvalue weighted by atomic mass is 10.2. The largest absolute Gasteiger partial charge is 0.397 e. The van der Waals surface area contributed by atoms with Crippen LogP contribution in [-0.4, -0.2) is 17.9 Å².